The van der Waals surface area contributed by atoms with E-state index in [9.17, 15) is 10.2 Å². The number of nitrogens with two attached hydrogens (primary N) is 1. The Kier molecular flexibility index (Phi) is 6.31. The number of phenols is 1. The van der Waals surface area contributed by atoms with Gasteiger partial charge in [-0.1, -0.05) is 19.9 Å². The quantitative estimate of drug-likeness (QED) is 0.773. The van der Waals surface area contributed by atoms with Crippen LogP contribution in [0.4, 0.5) is 0 Å². The molecule has 1 aromatic carbocycles. The normalized spacial score (nSPS) is 14.0. The van der Waals surface area contributed by atoms with Gasteiger partial charge in [0.15, 0.2) is 0 Å². The lowest BCUT2D eigenvalue weighted by Crippen LogP contribution is -2.30. The van der Waals surface area contributed by atoms with Crippen molar-refractivity contribution in [2.75, 3.05) is 7.11 Å². The molecule has 98 valence electrons. The summed E-state index contributed by atoms with van der Waals surface area (Å²) < 4.78 is 5.13. The van der Waals surface area contributed by atoms with Gasteiger partial charge in [0.25, 0.3) is 0 Å². The largest absolute Gasteiger partial charge is 0.507 e. The van der Waals surface area contributed by atoms with Crippen LogP contribution >= 0.6 is 12.4 Å². The average Bonchev–Trinajstić information content (AvgIpc) is 2.26. The minimum atomic E-state index is -0.720. The summed E-state index contributed by atoms with van der Waals surface area (Å²) in [4.78, 5) is 0. The predicted molar refractivity (Wildman–Crippen MR) is 69.7 cm³/mol. The van der Waals surface area contributed by atoms with E-state index >= 15 is 0 Å². The standard InChI is InChI=1S/C12H19NO3.ClH/c1-7(2)12(15)11(13)10-8(14)5-4-6-9(10)16-3;/h4-7,11-12,14-15H,13H2,1-3H3;1H/t11-,12+;/m1./s1. The van der Waals surface area contributed by atoms with Crippen molar-refractivity contribution in [1.82, 2.24) is 0 Å². The Balaban J connectivity index is 0.00000256. The number of aliphatic hydroxyl groups is 1. The summed E-state index contributed by atoms with van der Waals surface area (Å²) >= 11 is 0. The van der Waals surface area contributed by atoms with E-state index in [0.717, 1.165) is 0 Å². The highest BCUT2D eigenvalue weighted by atomic mass is 35.5. The number of aromatic hydroxyl groups is 1. The van der Waals surface area contributed by atoms with Crippen LogP contribution in [0.15, 0.2) is 18.2 Å². The van der Waals surface area contributed by atoms with Gasteiger partial charge in [0.1, 0.15) is 11.5 Å². The number of phenolic OH excluding ortho intramolecular Hbond substituents is 1. The zero-order valence-corrected chi connectivity index (χ0v) is 11.1. The van der Waals surface area contributed by atoms with E-state index in [1.54, 1.807) is 12.1 Å². The van der Waals surface area contributed by atoms with Crippen molar-refractivity contribution in [1.29, 1.82) is 0 Å². The molecule has 0 unspecified atom stereocenters. The molecule has 1 aromatic rings. The molecule has 5 heteroatoms. The number of ether oxygens (including phenoxy) is 1. The predicted octanol–water partition coefficient (Wildman–Crippen LogP) is 1.84. The van der Waals surface area contributed by atoms with Crippen molar-refractivity contribution in [3.05, 3.63) is 23.8 Å². The number of hydrogen-bond donors (Lipinski definition) is 3. The van der Waals surface area contributed by atoms with Crippen LogP contribution in [0.3, 0.4) is 0 Å². The van der Waals surface area contributed by atoms with Gasteiger partial charge in [0, 0.05) is 0 Å². The molecule has 0 heterocycles. The average molecular weight is 262 g/mol. The molecule has 0 fully saturated rings. The molecule has 2 atom stereocenters. The summed E-state index contributed by atoms with van der Waals surface area (Å²) in [7, 11) is 1.51. The molecule has 0 radical (unpaired) electrons. The fourth-order valence-electron chi connectivity index (χ4n) is 1.63. The molecular weight excluding hydrogens is 242 g/mol. The fourth-order valence-corrected chi connectivity index (χ4v) is 1.63. The van der Waals surface area contributed by atoms with Gasteiger partial charge in [-0.15, -0.1) is 12.4 Å². The Hall–Kier alpha value is -0.970. The molecule has 0 aromatic heterocycles. The molecule has 17 heavy (non-hydrogen) atoms. The molecular formula is C12H20ClNO3. The van der Waals surface area contributed by atoms with E-state index in [4.69, 9.17) is 10.5 Å². The topological polar surface area (TPSA) is 75.7 Å². The van der Waals surface area contributed by atoms with Crippen LogP contribution in [0.25, 0.3) is 0 Å². The highest BCUT2D eigenvalue weighted by molar-refractivity contribution is 5.85. The van der Waals surface area contributed by atoms with Crippen molar-refractivity contribution in [3.63, 3.8) is 0 Å². The Morgan fingerprint density at radius 2 is 1.88 bits per heavy atom. The first kappa shape index (κ1) is 16.0. The second kappa shape index (κ2) is 6.69. The van der Waals surface area contributed by atoms with Crippen LogP contribution < -0.4 is 10.5 Å². The van der Waals surface area contributed by atoms with E-state index in [1.165, 1.54) is 13.2 Å². The molecule has 0 spiro atoms. The van der Waals surface area contributed by atoms with Gasteiger partial charge in [0.05, 0.1) is 24.8 Å². The summed E-state index contributed by atoms with van der Waals surface area (Å²) in [5, 5.41) is 19.7. The molecule has 0 saturated heterocycles. The third-order valence-corrected chi connectivity index (χ3v) is 2.65. The highest BCUT2D eigenvalue weighted by Crippen LogP contribution is 2.34. The number of rotatable bonds is 4. The first-order chi connectivity index (χ1) is 7.49. The summed E-state index contributed by atoms with van der Waals surface area (Å²) in [6.07, 6.45) is -0.720. The first-order valence-electron chi connectivity index (χ1n) is 5.28. The third kappa shape index (κ3) is 3.49. The molecule has 0 amide bonds. The van der Waals surface area contributed by atoms with E-state index in [0.29, 0.717) is 11.3 Å². The second-order valence-corrected chi connectivity index (χ2v) is 4.15. The molecule has 0 aliphatic rings. The van der Waals surface area contributed by atoms with Gasteiger partial charge in [0.2, 0.25) is 0 Å². The maximum Gasteiger partial charge on any atom is 0.127 e. The minimum Gasteiger partial charge on any atom is -0.507 e. The summed E-state index contributed by atoms with van der Waals surface area (Å²) in [5.41, 5.74) is 6.38. The third-order valence-electron chi connectivity index (χ3n) is 2.65. The van der Waals surface area contributed by atoms with Gasteiger partial charge in [-0.2, -0.15) is 0 Å². The van der Waals surface area contributed by atoms with Crippen LogP contribution in [0, 0.1) is 5.92 Å². The molecule has 0 saturated carbocycles. The zero-order chi connectivity index (χ0) is 12.3. The summed E-state index contributed by atoms with van der Waals surface area (Å²) in [5.74, 6) is 0.554. The van der Waals surface area contributed by atoms with Crippen molar-refractivity contribution in [2.24, 2.45) is 11.7 Å². The molecule has 0 aliphatic carbocycles. The van der Waals surface area contributed by atoms with E-state index < -0.39 is 12.1 Å². The van der Waals surface area contributed by atoms with Gasteiger partial charge in [-0.05, 0) is 18.1 Å². The SMILES string of the molecule is COc1cccc(O)c1[C@@H](N)[C@@H](O)C(C)C.Cl. The monoisotopic (exact) mass is 261 g/mol. The molecule has 0 bridgehead atoms. The zero-order valence-electron chi connectivity index (χ0n) is 10.3. The van der Waals surface area contributed by atoms with Crippen LogP contribution in [-0.2, 0) is 0 Å². The van der Waals surface area contributed by atoms with Crippen molar-refractivity contribution < 1.29 is 14.9 Å². The molecule has 0 aliphatic heterocycles. The lowest BCUT2D eigenvalue weighted by Gasteiger charge is -2.24. The van der Waals surface area contributed by atoms with Crippen LogP contribution in [0.5, 0.6) is 11.5 Å². The number of aliphatic hydroxyl groups excluding tert-OH is 1. The smallest absolute Gasteiger partial charge is 0.127 e. The van der Waals surface area contributed by atoms with Crippen molar-refractivity contribution >= 4 is 12.4 Å². The number of benzene rings is 1. The molecule has 4 N–H and O–H groups in total. The van der Waals surface area contributed by atoms with Crippen LogP contribution in [-0.4, -0.2) is 23.4 Å². The molecule has 1 rings (SSSR count). The lowest BCUT2D eigenvalue weighted by molar-refractivity contribution is 0.0959. The Labute approximate surface area is 108 Å². The van der Waals surface area contributed by atoms with Gasteiger partial charge >= 0.3 is 0 Å². The number of methoxy groups -OCH3 is 1. The van der Waals surface area contributed by atoms with Crippen molar-refractivity contribution in [3.8, 4) is 11.5 Å². The lowest BCUT2D eigenvalue weighted by atomic mass is 9.93. The van der Waals surface area contributed by atoms with E-state index in [1.807, 2.05) is 13.8 Å². The summed E-state index contributed by atoms with van der Waals surface area (Å²) in [6, 6.07) is 4.26. The highest BCUT2D eigenvalue weighted by Gasteiger charge is 2.25. The van der Waals surface area contributed by atoms with Gasteiger partial charge < -0.3 is 20.7 Å². The maximum absolute atomic E-state index is 9.90. The number of halogens is 1. The van der Waals surface area contributed by atoms with Crippen molar-refractivity contribution in [2.45, 2.75) is 26.0 Å². The van der Waals surface area contributed by atoms with E-state index in [-0.39, 0.29) is 24.1 Å². The Bertz CT molecular complexity index is 358. The Morgan fingerprint density at radius 1 is 1.29 bits per heavy atom. The van der Waals surface area contributed by atoms with E-state index in [2.05, 4.69) is 0 Å². The Morgan fingerprint density at radius 3 is 2.35 bits per heavy atom. The summed E-state index contributed by atoms with van der Waals surface area (Å²) in [6.45, 7) is 3.74. The molecule has 4 nitrogen and oxygen atoms in total. The minimum absolute atomic E-state index is 0. The van der Waals surface area contributed by atoms with Crippen LogP contribution in [0.1, 0.15) is 25.5 Å². The fraction of sp³-hybridized carbons (Fsp3) is 0.500. The maximum atomic E-state index is 9.90. The van der Waals surface area contributed by atoms with Gasteiger partial charge in [-0.3, -0.25) is 0 Å². The number of hydrogen-bond acceptors (Lipinski definition) is 4. The first-order valence-corrected chi connectivity index (χ1v) is 5.28. The van der Waals surface area contributed by atoms with Crippen LogP contribution in [0.2, 0.25) is 0 Å². The second-order valence-electron chi connectivity index (χ2n) is 4.15. The van der Waals surface area contributed by atoms with Gasteiger partial charge in [-0.25, -0.2) is 0 Å².